The van der Waals surface area contributed by atoms with E-state index in [0.717, 1.165) is 0 Å². The van der Waals surface area contributed by atoms with Gasteiger partial charge in [-0.25, -0.2) is 8.42 Å². The second-order valence-electron chi connectivity index (χ2n) is 4.54. The van der Waals surface area contributed by atoms with E-state index in [1.54, 1.807) is 18.2 Å². The molecule has 0 aliphatic rings. The monoisotopic (exact) mass is 336 g/mol. The Labute approximate surface area is 134 Å². The van der Waals surface area contributed by atoms with E-state index in [0.29, 0.717) is 0 Å². The molecule has 0 heterocycles. The maximum Gasteiger partial charge on any atom is 0.261 e. The summed E-state index contributed by atoms with van der Waals surface area (Å²) >= 11 is 0. The SMILES string of the molecule is COc1cc(NS(=O)(=O)c2ccccc2)c(C(N)=O)cc1OC. The van der Waals surface area contributed by atoms with Crippen molar-refractivity contribution in [1.82, 2.24) is 0 Å². The zero-order chi connectivity index (χ0) is 17.0. The minimum Gasteiger partial charge on any atom is -0.493 e. The molecule has 0 saturated heterocycles. The Kier molecular flexibility index (Phi) is 4.75. The number of methoxy groups -OCH3 is 2. The summed E-state index contributed by atoms with van der Waals surface area (Å²) in [6.07, 6.45) is 0. The highest BCUT2D eigenvalue weighted by Gasteiger charge is 2.20. The van der Waals surface area contributed by atoms with Crippen LogP contribution in [0.15, 0.2) is 47.4 Å². The summed E-state index contributed by atoms with van der Waals surface area (Å²) in [6, 6.07) is 10.4. The first-order valence-electron chi connectivity index (χ1n) is 6.52. The van der Waals surface area contributed by atoms with Gasteiger partial charge in [-0.1, -0.05) is 18.2 Å². The van der Waals surface area contributed by atoms with Crippen molar-refractivity contribution in [3.8, 4) is 11.5 Å². The molecule has 23 heavy (non-hydrogen) atoms. The number of hydrogen-bond donors (Lipinski definition) is 2. The maximum atomic E-state index is 12.4. The highest BCUT2D eigenvalue weighted by molar-refractivity contribution is 7.92. The zero-order valence-electron chi connectivity index (χ0n) is 12.6. The first kappa shape index (κ1) is 16.6. The molecular weight excluding hydrogens is 320 g/mol. The molecule has 1 amide bonds. The lowest BCUT2D eigenvalue weighted by atomic mass is 10.1. The smallest absolute Gasteiger partial charge is 0.261 e. The first-order valence-corrected chi connectivity index (χ1v) is 8.01. The summed E-state index contributed by atoms with van der Waals surface area (Å²) in [7, 11) is -1.07. The van der Waals surface area contributed by atoms with Crippen LogP contribution in [0, 0.1) is 0 Å². The van der Waals surface area contributed by atoms with Crippen LogP contribution >= 0.6 is 0 Å². The maximum absolute atomic E-state index is 12.4. The third kappa shape index (κ3) is 3.54. The predicted octanol–water partition coefficient (Wildman–Crippen LogP) is 1.60. The lowest BCUT2D eigenvalue weighted by Gasteiger charge is -2.15. The van der Waals surface area contributed by atoms with E-state index in [1.807, 2.05) is 0 Å². The quantitative estimate of drug-likeness (QED) is 0.833. The molecule has 0 aromatic heterocycles. The van der Waals surface area contributed by atoms with Crippen LogP contribution in [0.25, 0.3) is 0 Å². The minimum atomic E-state index is -3.87. The number of benzene rings is 2. The zero-order valence-corrected chi connectivity index (χ0v) is 13.4. The Morgan fingerprint density at radius 1 is 1.04 bits per heavy atom. The van der Waals surface area contributed by atoms with Crippen LogP contribution in [-0.4, -0.2) is 28.5 Å². The summed E-state index contributed by atoms with van der Waals surface area (Å²) in [6.45, 7) is 0. The van der Waals surface area contributed by atoms with Crippen molar-refractivity contribution in [3.63, 3.8) is 0 Å². The molecule has 2 aromatic carbocycles. The van der Waals surface area contributed by atoms with Gasteiger partial charge in [-0.15, -0.1) is 0 Å². The van der Waals surface area contributed by atoms with Gasteiger partial charge in [0.2, 0.25) is 0 Å². The Bertz CT molecular complexity index is 819. The van der Waals surface area contributed by atoms with E-state index in [-0.39, 0.29) is 27.6 Å². The Morgan fingerprint density at radius 2 is 1.61 bits per heavy atom. The topological polar surface area (TPSA) is 108 Å². The predicted molar refractivity (Wildman–Crippen MR) is 85.3 cm³/mol. The molecule has 0 saturated carbocycles. The minimum absolute atomic E-state index is 0.0130. The average molecular weight is 336 g/mol. The molecular formula is C15H16N2O5S. The molecule has 0 fully saturated rings. The van der Waals surface area contributed by atoms with Crippen molar-refractivity contribution >= 4 is 21.6 Å². The fourth-order valence-corrected chi connectivity index (χ4v) is 3.06. The number of nitrogens with one attached hydrogen (secondary N) is 1. The number of anilines is 1. The van der Waals surface area contributed by atoms with Gasteiger partial charge in [0.05, 0.1) is 30.4 Å². The van der Waals surface area contributed by atoms with Crippen molar-refractivity contribution < 1.29 is 22.7 Å². The molecule has 7 nitrogen and oxygen atoms in total. The van der Waals surface area contributed by atoms with Gasteiger partial charge in [0.1, 0.15) is 0 Å². The van der Waals surface area contributed by atoms with Crippen LogP contribution in [0.3, 0.4) is 0 Å². The van der Waals surface area contributed by atoms with Gasteiger partial charge >= 0.3 is 0 Å². The largest absolute Gasteiger partial charge is 0.493 e. The third-order valence-corrected chi connectivity index (χ3v) is 4.47. The highest BCUT2D eigenvalue weighted by Crippen LogP contribution is 2.34. The van der Waals surface area contributed by atoms with E-state index in [4.69, 9.17) is 15.2 Å². The summed E-state index contributed by atoms with van der Waals surface area (Å²) in [5, 5.41) is 0. The number of primary amides is 1. The molecule has 0 unspecified atom stereocenters. The molecule has 0 radical (unpaired) electrons. The number of hydrogen-bond acceptors (Lipinski definition) is 5. The number of carbonyl (C=O) groups is 1. The fraction of sp³-hybridized carbons (Fsp3) is 0.133. The lowest BCUT2D eigenvalue weighted by Crippen LogP contribution is -2.19. The summed E-state index contributed by atoms with van der Waals surface area (Å²) < 4.78 is 37.3. The molecule has 0 bridgehead atoms. The average Bonchev–Trinajstić information content (AvgIpc) is 2.54. The molecule has 3 N–H and O–H groups in total. The summed E-state index contributed by atoms with van der Waals surface area (Å²) in [4.78, 5) is 11.7. The van der Waals surface area contributed by atoms with Crippen molar-refractivity contribution in [2.75, 3.05) is 18.9 Å². The Morgan fingerprint density at radius 3 is 2.13 bits per heavy atom. The fourth-order valence-electron chi connectivity index (χ4n) is 1.97. The number of sulfonamides is 1. The van der Waals surface area contributed by atoms with E-state index >= 15 is 0 Å². The third-order valence-electron chi connectivity index (χ3n) is 3.09. The van der Waals surface area contributed by atoms with Crippen LogP contribution < -0.4 is 19.9 Å². The lowest BCUT2D eigenvalue weighted by molar-refractivity contribution is 0.100. The highest BCUT2D eigenvalue weighted by atomic mass is 32.2. The van der Waals surface area contributed by atoms with Crippen molar-refractivity contribution in [3.05, 3.63) is 48.0 Å². The summed E-state index contributed by atoms with van der Waals surface area (Å²) in [5.41, 5.74) is 5.30. The summed E-state index contributed by atoms with van der Waals surface area (Å²) in [5.74, 6) is -0.260. The van der Waals surface area contributed by atoms with Gasteiger partial charge in [0, 0.05) is 6.07 Å². The van der Waals surface area contributed by atoms with Crippen LogP contribution in [0.1, 0.15) is 10.4 Å². The van der Waals surface area contributed by atoms with Gasteiger partial charge in [0.15, 0.2) is 11.5 Å². The van der Waals surface area contributed by atoms with Crippen molar-refractivity contribution in [2.24, 2.45) is 5.73 Å². The normalized spacial score (nSPS) is 10.9. The van der Waals surface area contributed by atoms with Crippen molar-refractivity contribution in [1.29, 1.82) is 0 Å². The number of ether oxygens (including phenoxy) is 2. The molecule has 0 aliphatic carbocycles. The number of nitrogens with two attached hydrogens (primary N) is 1. The standard InChI is InChI=1S/C15H16N2O5S/c1-21-13-8-11(15(16)18)12(9-14(13)22-2)17-23(19,20)10-6-4-3-5-7-10/h3-9,17H,1-2H3,(H2,16,18). The van der Waals surface area contributed by atoms with E-state index < -0.39 is 15.9 Å². The van der Waals surface area contributed by atoms with Gasteiger partial charge in [-0.2, -0.15) is 0 Å². The van der Waals surface area contributed by atoms with E-state index in [9.17, 15) is 13.2 Å². The van der Waals surface area contributed by atoms with E-state index in [2.05, 4.69) is 4.72 Å². The van der Waals surface area contributed by atoms with Crippen LogP contribution in [-0.2, 0) is 10.0 Å². The second kappa shape index (κ2) is 6.57. The molecule has 0 aliphatic heterocycles. The van der Waals surface area contributed by atoms with Crippen LogP contribution in [0.4, 0.5) is 5.69 Å². The van der Waals surface area contributed by atoms with Gasteiger partial charge in [0.25, 0.3) is 15.9 Å². The Balaban J connectivity index is 2.52. The number of carbonyl (C=O) groups excluding carboxylic acids is 1. The molecule has 2 rings (SSSR count). The number of amides is 1. The first-order chi connectivity index (χ1) is 10.9. The van der Waals surface area contributed by atoms with Crippen LogP contribution in [0.2, 0.25) is 0 Å². The van der Waals surface area contributed by atoms with Crippen molar-refractivity contribution in [2.45, 2.75) is 4.90 Å². The van der Waals surface area contributed by atoms with Gasteiger partial charge in [-0.05, 0) is 18.2 Å². The second-order valence-corrected chi connectivity index (χ2v) is 6.22. The van der Waals surface area contributed by atoms with Gasteiger partial charge < -0.3 is 15.2 Å². The molecule has 2 aromatic rings. The molecule has 8 heteroatoms. The van der Waals surface area contributed by atoms with E-state index in [1.165, 1.54) is 38.5 Å². The molecule has 0 atom stereocenters. The molecule has 0 spiro atoms. The molecule has 122 valence electrons. The van der Waals surface area contributed by atoms with Crippen LogP contribution in [0.5, 0.6) is 11.5 Å². The van der Waals surface area contributed by atoms with Gasteiger partial charge in [-0.3, -0.25) is 9.52 Å². The number of rotatable bonds is 6. The Hall–Kier alpha value is -2.74.